The third-order valence-electron chi connectivity index (χ3n) is 3.79. The lowest BCUT2D eigenvalue weighted by molar-refractivity contribution is -0.130. The van der Waals surface area contributed by atoms with E-state index in [4.69, 9.17) is 4.74 Å². The molecule has 2 aromatic heterocycles. The second-order valence-electron chi connectivity index (χ2n) is 5.37. The van der Waals surface area contributed by atoms with Gasteiger partial charge in [0.2, 0.25) is 5.91 Å². The molecular formula is C17H19N3O2S. The molecule has 3 aromatic rings. The van der Waals surface area contributed by atoms with Crippen LogP contribution in [0, 0.1) is 0 Å². The molecule has 0 saturated heterocycles. The Morgan fingerprint density at radius 1 is 1.39 bits per heavy atom. The number of amides is 1. The second-order valence-corrected chi connectivity index (χ2v) is 6.40. The van der Waals surface area contributed by atoms with Crippen molar-refractivity contribution in [2.75, 3.05) is 14.2 Å². The minimum Gasteiger partial charge on any atom is -0.497 e. The Bertz CT molecular complexity index is 795. The fraction of sp³-hybridized carbons (Fsp3) is 0.294. The summed E-state index contributed by atoms with van der Waals surface area (Å²) in [7, 11) is 3.49. The normalized spacial score (nSPS) is 10.9. The molecule has 6 heteroatoms. The molecular weight excluding hydrogens is 310 g/mol. The van der Waals surface area contributed by atoms with Crippen molar-refractivity contribution in [3.05, 3.63) is 46.8 Å². The van der Waals surface area contributed by atoms with Crippen LogP contribution in [0.25, 0.3) is 10.9 Å². The van der Waals surface area contributed by atoms with Crippen molar-refractivity contribution in [3.8, 4) is 5.75 Å². The van der Waals surface area contributed by atoms with Crippen molar-refractivity contribution in [2.24, 2.45) is 0 Å². The summed E-state index contributed by atoms with van der Waals surface area (Å²) in [6.07, 6.45) is 2.24. The van der Waals surface area contributed by atoms with Crippen LogP contribution in [0.15, 0.2) is 41.9 Å². The van der Waals surface area contributed by atoms with Crippen LogP contribution in [0.2, 0.25) is 0 Å². The number of nitrogens with zero attached hydrogens (tertiary/aromatic N) is 3. The molecule has 0 N–H and O–H groups in total. The number of thiophene rings is 1. The molecule has 0 aliphatic heterocycles. The van der Waals surface area contributed by atoms with Crippen LogP contribution in [-0.2, 0) is 17.9 Å². The highest BCUT2D eigenvalue weighted by atomic mass is 32.1. The highest BCUT2D eigenvalue weighted by molar-refractivity contribution is 7.09. The smallest absolute Gasteiger partial charge is 0.224 e. The van der Waals surface area contributed by atoms with Crippen molar-refractivity contribution in [1.82, 2.24) is 14.7 Å². The van der Waals surface area contributed by atoms with Crippen LogP contribution in [0.4, 0.5) is 0 Å². The average Bonchev–Trinajstić information content (AvgIpc) is 3.21. The van der Waals surface area contributed by atoms with E-state index in [1.807, 2.05) is 47.4 Å². The maximum atomic E-state index is 12.3. The van der Waals surface area contributed by atoms with Crippen LogP contribution >= 0.6 is 11.3 Å². The molecule has 23 heavy (non-hydrogen) atoms. The Labute approximate surface area is 139 Å². The average molecular weight is 329 g/mol. The molecule has 0 spiro atoms. The van der Waals surface area contributed by atoms with Crippen molar-refractivity contribution in [3.63, 3.8) is 0 Å². The van der Waals surface area contributed by atoms with Crippen LogP contribution in [-0.4, -0.2) is 34.7 Å². The third-order valence-corrected chi connectivity index (χ3v) is 4.65. The summed E-state index contributed by atoms with van der Waals surface area (Å²) in [5.41, 5.74) is 1.01. The van der Waals surface area contributed by atoms with E-state index in [1.54, 1.807) is 29.5 Å². The summed E-state index contributed by atoms with van der Waals surface area (Å²) < 4.78 is 7.08. The maximum Gasteiger partial charge on any atom is 0.224 e. The number of aryl methyl sites for hydroxylation is 1. The number of aromatic nitrogens is 2. The molecule has 0 aliphatic rings. The number of carbonyl (C=O) groups is 1. The van der Waals surface area contributed by atoms with E-state index in [0.717, 1.165) is 16.7 Å². The SMILES string of the molecule is COc1ccc2c(cnn2CCC(=O)N(C)Cc2cccs2)c1. The van der Waals surface area contributed by atoms with Gasteiger partial charge in [-0.05, 0) is 29.6 Å². The molecule has 0 bridgehead atoms. The molecule has 0 atom stereocenters. The molecule has 2 heterocycles. The Balaban J connectivity index is 1.62. The Morgan fingerprint density at radius 2 is 2.26 bits per heavy atom. The Hall–Kier alpha value is -2.34. The number of methoxy groups -OCH3 is 1. The molecule has 120 valence electrons. The van der Waals surface area contributed by atoms with E-state index < -0.39 is 0 Å². The highest BCUT2D eigenvalue weighted by Crippen LogP contribution is 2.20. The van der Waals surface area contributed by atoms with Crippen molar-refractivity contribution in [1.29, 1.82) is 0 Å². The fourth-order valence-corrected chi connectivity index (χ4v) is 3.24. The standard InChI is InChI=1S/C17H19N3O2S/c1-19(12-15-4-3-9-23-15)17(21)7-8-20-16-6-5-14(22-2)10-13(16)11-18-20/h3-6,9-11H,7-8,12H2,1-2H3. The Kier molecular flexibility index (Phi) is 4.62. The lowest BCUT2D eigenvalue weighted by Gasteiger charge is -2.16. The summed E-state index contributed by atoms with van der Waals surface area (Å²) in [5, 5.41) is 7.41. The maximum absolute atomic E-state index is 12.3. The van der Waals surface area contributed by atoms with Gasteiger partial charge in [-0.15, -0.1) is 11.3 Å². The van der Waals surface area contributed by atoms with Gasteiger partial charge in [-0.1, -0.05) is 6.07 Å². The quantitative estimate of drug-likeness (QED) is 0.698. The van der Waals surface area contributed by atoms with Crippen LogP contribution < -0.4 is 4.74 Å². The molecule has 5 nitrogen and oxygen atoms in total. The lowest BCUT2D eigenvalue weighted by Crippen LogP contribution is -2.26. The largest absolute Gasteiger partial charge is 0.497 e. The first-order valence-corrected chi connectivity index (χ1v) is 8.31. The van der Waals surface area contributed by atoms with E-state index in [0.29, 0.717) is 19.5 Å². The summed E-state index contributed by atoms with van der Waals surface area (Å²) in [6.45, 7) is 1.23. The zero-order chi connectivity index (χ0) is 16.2. The number of hydrogen-bond acceptors (Lipinski definition) is 4. The van der Waals surface area contributed by atoms with Gasteiger partial charge in [0.05, 0.1) is 31.9 Å². The molecule has 0 radical (unpaired) electrons. The van der Waals surface area contributed by atoms with Crippen molar-refractivity contribution in [2.45, 2.75) is 19.5 Å². The van der Waals surface area contributed by atoms with Gasteiger partial charge in [0, 0.05) is 23.7 Å². The highest BCUT2D eigenvalue weighted by Gasteiger charge is 2.11. The first kappa shape index (κ1) is 15.6. The monoisotopic (exact) mass is 329 g/mol. The minimum absolute atomic E-state index is 0.121. The van der Waals surface area contributed by atoms with Gasteiger partial charge >= 0.3 is 0 Å². The first-order chi connectivity index (χ1) is 11.2. The second kappa shape index (κ2) is 6.83. The first-order valence-electron chi connectivity index (χ1n) is 7.43. The summed E-state index contributed by atoms with van der Waals surface area (Å²) >= 11 is 1.67. The zero-order valence-corrected chi connectivity index (χ0v) is 14.0. The van der Waals surface area contributed by atoms with Gasteiger partial charge < -0.3 is 9.64 Å². The minimum atomic E-state index is 0.121. The predicted octanol–water partition coefficient (Wildman–Crippen LogP) is 3.16. The fourth-order valence-electron chi connectivity index (χ4n) is 2.49. The van der Waals surface area contributed by atoms with Crippen molar-refractivity contribution < 1.29 is 9.53 Å². The number of hydrogen-bond donors (Lipinski definition) is 0. The predicted molar refractivity (Wildman–Crippen MR) is 91.7 cm³/mol. The van der Waals surface area contributed by atoms with Gasteiger partial charge in [0.1, 0.15) is 5.75 Å². The van der Waals surface area contributed by atoms with Crippen molar-refractivity contribution >= 4 is 28.1 Å². The molecule has 0 fully saturated rings. The van der Waals surface area contributed by atoms with Gasteiger partial charge in [0.15, 0.2) is 0 Å². The zero-order valence-electron chi connectivity index (χ0n) is 13.2. The molecule has 0 aliphatic carbocycles. The third kappa shape index (κ3) is 3.53. The van der Waals surface area contributed by atoms with E-state index in [2.05, 4.69) is 5.10 Å². The van der Waals surface area contributed by atoms with Gasteiger partial charge in [-0.25, -0.2) is 0 Å². The van der Waals surface area contributed by atoms with Gasteiger partial charge in [0.25, 0.3) is 0 Å². The molecule has 1 aromatic carbocycles. The number of rotatable bonds is 6. The van der Waals surface area contributed by atoms with Gasteiger partial charge in [-0.3, -0.25) is 9.48 Å². The lowest BCUT2D eigenvalue weighted by atomic mass is 10.2. The van der Waals surface area contributed by atoms with Crippen LogP contribution in [0.1, 0.15) is 11.3 Å². The summed E-state index contributed by atoms with van der Waals surface area (Å²) in [5.74, 6) is 0.930. The summed E-state index contributed by atoms with van der Waals surface area (Å²) in [4.78, 5) is 15.2. The molecule has 0 unspecified atom stereocenters. The molecule has 1 amide bonds. The topological polar surface area (TPSA) is 47.4 Å². The van der Waals surface area contributed by atoms with Crippen LogP contribution in [0.3, 0.4) is 0 Å². The molecule has 3 rings (SSSR count). The Morgan fingerprint density at radius 3 is 3.00 bits per heavy atom. The van der Waals surface area contributed by atoms with E-state index in [-0.39, 0.29) is 5.91 Å². The molecule has 0 saturated carbocycles. The van der Waals surface area contributed by atoms with E-state index in [9.17, 15) is 4.79 Å². The van der Waals surface area contributed by atoms with Crippen LogP contribution in [0.5, 0.6) is 5.75 Å². The number of ether oxygens (including phenoxy) is 1. The number of carbonyl (C=O) groups excluding carboxylic acids is 1. The number of benzene rings is 1. The summed E-state index contributed by atoms with van der Waals surface area (Å²) in [6, 6.07) is 9.88. The number of fused-ring (bicyclic) bond motifs is 1. The van der Waals surface area contributed by atoms with E-state index >= 15 is 0 Å². The van der Waals surface area contributed by atoms with E-state index in [1.165, 1.54) is 4.88 Å². The van der Waals surface area contributed by atoms with Gasteiger partial charge in [-0.2, -0.15) is 5.10 Å².